The van der Waals surface area contributed by atoms with E-state index < -0.39 is 0 Å². The van der Waals surface area contributed by atoms with Crippen LogP contribution in [0.1, 0.15) is 38.5 Å². The van der Waals surface area contributed by atoms with Crippen molar-refractivity contribution < 1.29 is 0 Å². The van der Waals surface area contributed by atoms with E-state index in [0.29, 0.717) is 0 Å². The van der Waals surface area contributed by atoms with Crippen molar-refractivity contribution >= 4 is 0 Å². The molecule has 2 saturated heterocycles. The first-order valence-electron chi connectivity index (χ1n) is 7.79. The topological polar surface area (TPSA) is 15.3 Å². The zero-order valence-electron chi connectivity index (χ0n) is 11.0. The van der Waals surface area contributed by atoms with Crippen LogP contribution in [0, 0.1) is 23.2 Å². The first-order valence-corrected chi connectivity index (χ1v) is 7.79. The van der Waals surface area contributed by atoms with Gasteiger partial charge in [-0.15, -0.1) is 0 Å². The van der Waals surface area contributed by atoms with Gasteiger partial charge < -0.3 is 10.2 Å². The normalized spacial score (nSPS) is 44.1. The van der Waals surface area contributed by atoms with Crippen molar-refractivity contribution in [1.82, 2.24) is 10.2 Å². The fraction of sp³-hybridized carbons (Fsp3) is 1.00. The van der Waals surface area contributed by atoms with Crippen LogP contribution in [0.5, 0.6) is 0 Å². The Balaban J connectivity index is 1.32. The summed E-state index contributed by atoms with van der Waals surface area (Å²) in [4.78, 5) is 2.82. The molecule has 0 aromatic rings. The molecule has 0 aromatic carbocycles. The minimum atomic E-state index is 0.795. The van der Waals surface area contributed by atoms with Crippen LogP contribution in [-0.4, -0.2) is 37.6 Å². The third-order valence-corrected chi connectivity index (χ3v) is 6.24. The quantitative estimate of drug-likeness (QED) is 0.787. The molecule has 0 radical (unpaired) electrons. The molecule has 17 heavy (non-hydrogen) atoms. The van der Waals surface area contributed by atoms with Crippen LogP contribution < -0.4 is 5.32 Å². The summed E-state index contributed by atoms with van der Waals surface area (Å²) in [5.74, 6) is 3.22. The summed E-state index contributed by atoms with van der Waals surface area (Å²) in [6, 6.07) is 0. The Morgan fingerprint density at radius 3 is 2.47 bits per heavy atom. The van der Waals surface area contributed by atoms with Gasteiger partial charge in [0.15, 0.2) is 0 Å². The monoisotopic (exact) mass is 234 g/mol. The van der Waals surface area contributed by atoms with Crippen LogP contribution >= 0.6 is 0 Å². The molecular weight excluding hydrogens is 208 g/mol. The Morgan fingerprint density at radius 2 is 1.76 bits per heavy atom. The van der Waals surface area contributed by atoms with Gasteiger partial charge in [-0.2, -0.15) is 0 Å². The maximum atomic E-state index is 3.51. The van der Waals surface area contributed by atoms with E-state index in [1.165, 1.54) is 64.8 Å². The molecule has 4 aliphatic rings. The van der Waals surface area contributed by atoms with Gasteiger partial charge in [-0.1, -0.05) is 6.42 Å². The zero-order chi connectivity index (χ0) is 11.3. The number of fused-ring (bicyclic) bond motifs is 1. The van der Waals surface area contributed by atoms with E-state index in [1.807, 2.05) is 0 Å². The Morgan fingerprint density at radius 1 is 1.06 bits per heavy atom. The van der Waals surface area contributed by atoms with Crippen molar-refractivity contribution in [2.75, 3.05) is 32.7 Å². The van der Waals surface area contributed by atoms with E-state index in [2.05, 4.69) is 10.2 Å². The zero-order valence-corrected chi connectivity index (χ0v) is 11.0. The third-order valence-electron chi connectivity index (χ3n) is 6.24. The van der Waals surface area contributed by atoms with Crippen LogP contribution in [0.4, 0.5) is 0 Å². The average molecular weight is 234 g/mol. The van der Waals surface area contributed by atoms with Crippen molar-refractivity contribution in [3.05, 3.63) is 0 Å². The predicted molar refractivity (Wildman–Crippen MR) is 69.9 cm³/mol. The molecule has 2 heteroatoms. The Hall–Kier alpha value is -0.0800. The highest BCUT2D eigenvalue weighted by molar-refractivity contribution is 5.06. The molecule has 1 spiro atoms. The van der Waals surface area contributed by atoms with Crippen LogP contribution in [-0.2, 0) is 0 Å². The fourth-order valence-corrected chi connectivity index (χ4v) is 5.02. The molecular formula is C15H26N2. The summed E-state index contributed by atoms with van der Waals surface area (Å²) in [6.07, 6.45) is 9.03. The number of nitrogens with one attached hydrogen (secondary N) is 1. The standard InChI is InChI=1S/C15H26N2/c1-2-12-9-17(10-13(12)3-1)11-14-8-15(14)4-6-16-7-5-15/h12-14,16H,1-11H2. The summed E-state index contributed by atoms with van der Waals surface area (Å²) in [5.41, 5.74) is 0.795. The van der Waals surface area contributed by atoms with Crippen molar-refractivity contribution in [1.29, 1.82) is 0 Å². The minimum Gasteiger partial charge on any atom is -0.317 e. The summed E-state index contributed by atoms with van der Waals surface area (Å²) >= 11 is 0. The molecule has 96 valence electrons. The van der Waals surface area contributed by atoms with Crippen LogP contribution in [0.3, 0.4) is 0 Å². The first-order chi connectivity index (χ1) is 8.36. The predicted octanol–water partition coefficient (Wildman–Crippen LogP) is 2.11. The lowest BCUT2D eigenvalue weighted by molar-refractivity contribution is 0.251. The summed E-state index contributed by atoms with van der Waals surface area (Å²) in [5, 5.41) is 3.51. The van der Waals surface area contributed by atoms with Gasteiger partial charge in [0.05, 0.1) is 0 Å². The molecule has 0 amide bonds. The number of hydrogen-bond donors (Lipinski definition) is 1. The SMILES string of the molecule is C1CC2CN(CC3CC34CCNCC4)CC2C1. The Labute approximate surface area is 105 Å². The number of piperidine rings is 1. The highest BCUT2D eigenvalue weighted by Crippen LogP contribution is 2.59. The van der Waals surface area contributed by atoms with Crippen LogP contribution in [0.25, 0.3) is 0 Å². The molecule has 3 atom stereocenters. The maximum Gasteiger partial charge on any atom is 0.00154 e. The summed E-state index contributed by atoms with van der Waals surface area (Å²) in [7, 11) is 0. The average Bonchev–Trinajstić information content (AvgIpc) is 2.70. The molecule has 2 saturated carbocycles. The van der Waals surface area contributed by atoms with Crippen LogP contribution in [0.2, 0.25) is 0 Å². The van der Waals surface area contributed by atoms with Gasteiger partial charge in [0.25, 0.3) is 0 Å². The first kappa shape index (κ1) is 10.8. The second-order valence-corrected chi connectivity index (χ2v) is 7.18. The number of nitrogens with zero attached hydrogens (tertiary/aromatic N) is 1. The molecule has 0 aromatic heterocycles. The van der Waals surface area contributed by atoms with Crippen molar-refractivity contribution in [2.24, 2.45) is 23.2 Å². The lowest BCUT2D eigenvalue weighted by Gasteiger charge is -2.25. The Kier molecular flexibility index (Phi) is 2.52. The summed E-state index contributed by atoms with van der Waals surface area (Å²) < 4.78 is 0. The summed E-state index contributed by atoms with van der Waals surface area (Å²) in [6.45, 7) is 6.88. The molecule has 0 bridgehead atoms. The van der Waals surface area contributed by atoms with Gasteiger partial charge in [0.2, 0.25) is 0 Å². The molecule has 3 unspecified atom stereocenters. The van der Waals surface area contributed by atoms with E-state index in [-0.39, 0.29) is 0 Å². The van der Waals surface area contributed by atoms with E-state index in [0.717, 1.165) is 23.2 Å². The van der Waals surface area contributed by atoms with Crippen molar-refractivity contribution in [3.8, 4) is 0 Å². The highest BCUT2D eigenvalue weighted by Gasteiger charge is 2.54. The van der Waals surface area contributed by atoms with Gasteiger partial charge >= 0.3 is 0 Å². The largest absolute Gasteiger partial charge is 0.317 e. The molecule has 2 heterocycles. The van der Waals surface area contributed by atoms with E-state index >= 15 is 0 Å². The third kappa shape index (κ3) is 1.84. The van der Waals surface area contributed by atoms with E-state index in [4.69, 9.17) is 0 Å². The van der Waals surface area contributed by atoms with Gasteiger partial charge in [-0.25, -0.2) is 0 Å². The van der Waals surface area contributed by atoms with Crippen molar-refractivity contribution in [3.63, 3.8) is 0 Å². The minimum absolute atomic E-state index is 0.795. The number of rotatable bonds is 2. The highest BCUT2D eigenvalue weighted by atomic mass is 15.2. The maximum absolute atomic E-state index is 3.51. The molecule has 2 aliphatic heterocycles. The molecule has 2 nitrogen and oxygen atoms in total. The van der Waals surface area contributed by atoms with Crippen LogP contribution in [0.15, 0.2) is 0 Å². The van der Waals surface area contributed by atoms with Gasteiger partial charge in [-0.05, 0) is 68.4 Å². The van der Waals surface area contributed by atoms with Crippen molar-refractivity contribution in [2.45, 2.75) is 38.5 Å². The second kappa shape index (κ2) is 3.96. The lowest BCUT2D eigenvalue weighted by Crippen LogP contribution is -2.32. The molecule has 2 aliphatic carbocycles. The number of likely N-dealkylation sites (tertiary alicyclic amines) is 1. The van der Waals surface area contributed by atoms with Gasteiger partial charge in [-0.3, -0.25) is 0 Å². The molecule has 4 fully saturated rings. The molecule has 4 rings (SSSR count). The van der Waals surface area contributed by atoms with Gasteiger partial charge in [0.1, 0.15) is 0 Å². The Bertz CT molecular complexity index is 283. The second-order valence-electron chi connectivity index (χ2n) is 7.18. The van der Waals surface area contributed by atoms with E-state index in [9.17, 15) is 0 Å². The van der Waals surface area contributed by atoms with E-state index in [1.54, 1.807) is 6.42 Å². The molecule has 1 N–H and O–H groups in total. The van der Waals surface area contributed by atoms with Gasteiger partial charge in [0, 0.05) is 19.6 Å². The lowest BCUT2D eigenvalue weighted by atomic mass is 9.92. The smallest absolute Gasteiger partial charge is 0.00154 e. The fourth-order valence-electron chi connectivity index (χ4n) is 5.02. The number of hydrogen-bond acceptors (Lipinski definition) is 2.